The molecule has 1 unspecified atom stereocenters. The number of carbonyl (C=O) groups excluding carboxylic acids is 1. The summed E-state index contributed by atoms with van der Waals surface area (Å²) in [6, 6.07) is 0. The molecule has 1 atom stereocenters. The number of hydrogen-bond acceptors (Lipinski definition) is 6. The third-order valence-corrected chi connectivity index (χ3v) is 3.15. The van der Waals surface area contributed by atoms with Crippen molar-refractivity contribution in [1.82, 2.24) is 15.5 Å². The van der Waals surface area contributed by atoms with Gasteiger partial charge in [0, 0.05) is 6.54 Å². The van der Waals surface area contributed by atoms with E-state index in [1.165, 1.54) is 0 Å². The fourth-order valence-corrected chi connectivity index (χ4v) is 1.42. The first-order chi connectivity index (χ1) is 8.87. The van der Waals surface area contributed by atoms with Crippen LogP contribution in [0.5, 0.6) is 0 Å². The predicted octanol–water partition coefficient (Wildman–Crippen LogP) is 0.806. The minimum absolute atomic E-state index is 0. The van der Waals surface area contributed by atoms with Crippen molar-refractivity contribution >= 4 is 18.3 Å². The lowest BCUT2D eigenvalue weighted by Crippen LogP contribution is -2.55. The van der Waals surface area contributed by atoms with Crippen LogP contribution in [0, 0.1) is 12.8 Å². The molecule has 1 rings (SSSR count). The van der Waals surface area contributed by atoms with E-state index in [-0.39, 0.29) is 37.4 Å². The molecule has 0 aromatic carbocycles. The number of amides is 1. The highest BCUT2D eigenvalue weighted by atomic mass is 35.5. The van der Waals surface area contributed by atoms with Crippen molar-refractivity contribution in [3.8, 4) is 0 Å². The average Bonchev–Trinajstić information content (AvgIpc) is 2.74. The Labute approximate surface area is 125 Å². The fourth-order valence-electron chi connectivity index (χ4n) is 1.42. The third kappa shape index (κ3) is 5.44. The van der Waals surface area contributed by atoms with E-state index in [9.17, 15) is 4.79 Å². The molecule has 1 aromatic heterocycles. The Kier molecular flexibility index (Phi) is 7.70. The smallest absolute Gasteiger partial charge is 0.252 e. The Morgan fingerprint density at radius 3 is 2.65 bits per heavy atom. The lowest BCUT2D eigenvalue weighted by molar-refractivity contribution is -0.128. The summed E-state index contributed by atoms with van der Waals surface area (Å²) >= 11 is 0. The van der Waals surface area contributed by atoms with Crippen LogP contribution in [0.25, 0.3) is 0 Å². The molecule has 0 aliphatic carbocycles. The van der Waals surface area contributed by atoms with E-state index >= 15 is 0 Å². The molecule has 0 fully saturated rings. The van der Waals surface area contributed by atoms with E-state index < -0.39 is 5.54 Å². The summed E-state index contributed by atoms with van der Waals surface area (Å²) in [6.45, 7) is 8.08. The summed E-state index contributed by atoms with van der Waals surface area (Å²) in [5, 5.41) is 6.51. The van der Waals surface area contributed by atoms with Gasteiger partial charge in [0.2, 0.25) is 5.91 Å². The molecule has 3 N–H and O–H groups in total. The average molecular weight is 307 g/mol. The molecule has 0 aliphatic heterocycles. The van der Waals surface area contributed by atoms with Crippen molar-refractivity contribution in [1.29, 1.82) is 0 Å². The van der Waals surface area contributed by atoms with Crippen LogP contribution in [-0.4, -0.2) is 34.7 Å². The van der Waals surface area contributed by atoms with Gasteiger partial charge in [0.15, 0.2) is 5.82 Å². The van der Waals surface area contributed by atoms with Crippen LogP contribution < -0.4 is 11.1 Å². The molecule has 0 saturated carbocycles. The number of aryl methyl sites for hydroxylation is 1. The van der Waals surface area contributed by atoms with Crippen molar-refractivity contribution in [2.75, 3.05) is 13.2 Å². The first-order valence-corrected chi connectivity index (χ1v) is 6.25. The van der Waals surface area contributed by atoms with Gasteiger partial charge < -0.3 is 20.3 Å². The van der Waals surface area contributed by atoms with Crippen molar-refractivity contribution in [3.63, 3.8) is 0 Å². The van der Waals surface area contributed by atoms with Crippen molar-refractivity contribution in [3.05, 3.63) is 11.7 Å². The van der Waals surface area contributed by atoms with E-state index in [4.69, 9.17) is 15.0 Å². The van der Waals surface area contributed by atoms with Gasteiger partial charge in [-0.15, -0.1) is 12.4 Å². The van der Waals surface area contributed by atoms with E-state index in [0.29, 0.717) is 18.3 Å². The number of nitrogens with one attached hydrogen (secondary N) is 1. The third-order valence-electron chi connectivity index (χ3n) is 3.15. The van der Waals surface area contributed by atoms with Gasteiger partial charge in [0.1, 0.15) is 13.2 Å². The van der Waals surface area contributed by atoms with Gasteiger partial charge in [0.25, 0.3) is 5.89 Å². The molecule has 0 spiro atoms. The summed E-state index contributed by atoms with van der Waals surface area (Å²) < 4.78 is 10.1. The molecule has 0 bridgehead atoms. The summed E-state index contributed by atoms with van der Waals surface area (Å²) in [6.07, 6.45) is 0. The zero-order chi connectivity index (χ0) is 14.5. The number of aromatic nitrogens is 2. The van der Waals surface area contributed by atoms with Crippen molar-refractivity contribution < 1.29 is 14.1 Å². The molecule has 0 saturated heterocycles. The minimum Gasteiger partial charge on any atom is -0.362 e. The van der Waals surface area contributed by atoms with Crippen LogP contribution >= 0.6 is 12.4 Å². The van der Waals surface area contributed by atoms with E-state index in [1.807, 2.05) is 20.8 Å². The predicted molar refractivity (Wildman–Crippen MR) is 76.4 cm³/mol. The molecule has 1 amide bonds. The molecule has 1 heterocycles. The zero-order valence-corrected chi connectivity index (χ0v) is 13.1. The Hall–Kier alpha value is -1.18. The van der Waals surface area contributed by atoms with Gasteiger partial charge in [0.05, 0.1) is 5.54 Å². The lowest BCUT2D eigenvalue weighted by atomic mass is 9.88. The van der Waals surface area contributed by atoms with Gasteiger partial charge in [-0.3, -0.25) is 4.79 Å². The second kappa shape index (κ2) is 8.18. The second-order valence-corrected chi connectivity index (χ2v) is 5.05. The maximum Gasteiger partial charge on any atom is 0.252 e. The Bertz CT molecular complexity index is 425. The number of carbonyl (C=O) groups is 1. The van der Waals surface area contributed by atoms with Gasteiger partial charge in [-0.05, 0) is 19.8 Å². The summed E-state index contributed by atoms with van der Waals surface area (Å²) in [4.78, 5) is 15.7. The van der Waals surface area contributed by atoms with Gasteiger partial charge >= 0.3 is 0 Å². The second-order valence-electron chi connectivity index (χ2n) is 5.05. The van der Waals surface area contributed by atoms with Crippen LogP contribution in [0.1, 0.15) is 32.5 Å². The van der Waals surface area contributed by atoms with Crippen molar-refractivity contribution in [2.45, 2.75) is 39.8 Å². The van der Waals surface area contributed by atoms with Gasteiger partial charge in [-0.1, -0.05) is 19.0 Å². The summed E-state index contributed by atoms with van der Waals surface area (Å²) in [7, 11) is 0. The van der Waals surface area contributed by atoms with E-state index in [2.05, 4.69) is 15.5 Å². The number of halogens is 1. The standard InChI is InChI=1S/C12H22N4O3.ClH/c1-8(2)12(4,7-13)15-10(17)5-18-6-11-14-9(3)16-19-11;/h8H,5-7,13H2,1-4H3,(H,15,17);1H. The SMILES string of the molecule is Cc1noc(COCC(=O)NC(C)(CN)C(C)C)n1.Cl. The van der Waals surface area contributed by atoms with Gasteiger partial charge in [-0.2, -0.15) is 4.98 Å². The highest BCUT2D eigenvalue weighted by molar-refractivity contribution is 5.85. The molecule has 8 heteroatoms. The summed E-state index contributed by atoms with van der Waals surface area (Å²) in [5.41, 5.74) is 5.26. The first kappa shape index (κ1) is 18.8. The molecule has 0 aliphatic rings. The Morgan fingerprint density at radius 1 is 1.55 bits per heavy atom. The molecule has 20 heavy (non-hydrogen) atoms. The van der Waals surface area contributed by atoms with Gasteiger partial charge in [-0.25, -0.2) is 0 Å². The monoisotopic (exact) mass is 306 g/mol. The maximum atomic E-state index is 11.8. The van der Waals surface area contributed by atoms with Crippen LogP contribution in [0.2, 0.25) is 0 Å². The lowest BCUT2D eigenvalue weighted by Gasteiger charge is -2.33. The first-order valence-electron chi connectivity index (χ1n) is 6.25. The molecule has 0 radical (unpaired) electrons. The number of hydrogen-bond donors (Lipinski definition) is 2. The normalized spacial score (nSPS) is 13.7. The molecular formula is C12H23ClN4O3. The van der Waals surface area contributed by atoms with Crippen LogP contribution in [0.3, 0.4) is 0 Å². The highest BCUT2D eigenvalue weighted by Crippen LogP contribution is 2.14. The highest BCUT2D eigenvalue weighted by Gasteiger charge is 2.28. The quantitative estimate of drug-likeness (QED) is 0.772. The minimum atomic E-state index is -0.429. The molecule has 116 valence electrons. The fraction of sp³-hybridized carbons (Fsp3) is 0.750. The van der Waals surface area contributed by atoms with Crippen LogP contribution in [0.4, 0.5) is 0 Å². The number of nitrogens with zero attached hydrogens (tertiary/aromatic N) is 2. The largest absolute Gasteiger partial charge is 0.362 e. The Balaban J connectivity index is 0.00000361. The molecule has 7 nitrogen and oxygen atoms in total. The maximum absolute atomic E-state index is 11.8. The Morgan fingerprint density at radius 2 is 2.20 bits per heavy atom. The van der Waals surface area contributed by atoms with E-state index in [1.54, 1.807) is 6.92 Å². The summed E-state index contributed by atoms with van der Waals surface area (Å²) in [5.74, 6) is 0.923. The number of rotatable bonds is 7. The zero-order valence-electron chi connectivity index (χ0n) is 12.3. The van der Waals surface area contributed by atoms with Crippen LogP contribution in [-0.2, 0) is 16.1 Å². The van der Waals surface area contributed by atoms with Crippen molar-refractivity contribution in [2.24, 2.45) is 11.7 Å². The molecular weight excluding hydrogens is 284 g/mol. The number of nitrogens with two attached hydrogens (primary N) is 1. The van der Waals surface area contributed by atoms with Crippen LogP contribution in [0.15, 0.2) is 4.52 Å². The molecule has 1 aromatic rings. The van der Waals surface area contributed by atoms with E-state index in [0.717, 1.165) is 0 Å². The topological polar surface area (TPSA) is 103 Å². The number of ether oxygens (including phenoxy) is 1.